The van der Waals surface area contributed by atoms with E-state index >= 15 is 0 Å². The van der Waals surface area contributed by atoms with Crippen LogP contribution in [-0.4, -0.2) is 50.3 Å². The van der Waals surface area contributed by atoms with Gasteiger partial charge in [-0.1, -0.05) is 54.1 Å². The van der Waals surface area contributed by atoms with E-state index in [2.05, 4.69) is 29.2 Å². The second kappa shape index (κ2) is 8.15. The number of hydrogen-bond acceptors (Lipinski definition) is 3. The Hall–Kier alpha value is -1.66. The van der Waals surface area contributed by atoms with Gasteiger partial charge >= 0.3 is 0 Å². The third kappa shape index (κ3) is 4.70. The van der Waals surface area contributed by atoms with Crippen LogP contribution in [0.2, 0.25) is 5.02 Å². The monoisotopic (exact) mass is 376 g/mol. The average molecular weight is 377 g/mol. The van der Waals surface area contributed by atoms with E-state index in [4.69, 9.17) is 11.6 Å². The summed E-state index contributed by atoms with van der Waals surface area (Å²) in [4.78, 5) is 2.56. The molecule has 0 aromatic heterocycles. The number of rotatable bonds is 5. The van der Waals surface area contributed by atoms with Gasteiger partial charge in [-0.2, -0.15) is 4.31 Å². The summed E-state index contributed by atoms with van der Waals surface area (Å²) in [5.74, 6) is 0. The number of benzene rings is 2. The van der Waals surface area contributed by atoms with E-state index in [1.807, 2.05) is 18.2 Å². The molecule has 3 rings (SSSR count). The van der Waals surface area contributed by atoms with E-state index in [1.165, 1.54) is 5.56 Å². The van der Waals surface area contributed by atoms with Crippen molar-refractivity contribution in [2.45, 2.75) is 4.90 Å². The molecule has 0 spiro atoms. The van der Waals surface area contributed by atoms with Crippen molar-refractivity contribution in [3.8, 4) is 0 Å². The van der Waals surface area contributed by atoms with Crippen LogP contribution >= 0.6 is 11.6 Å². The SMILES string of the molecule is O=S(=O)(c1ccc(Cl)cc1)N1CCN(C/C=C/c2ccccc2)CC1. The van der Waals surface area contributed by atoms with Crippen molar-refractivity contribution in [1.82, 2.24) is 9.21 Å². The van der Waals surface area contributed by atoms with Crippen molar-refractivity contribution >= 4 is 27.7 Å². The maximum absolute atomic E-state index is 12.7. The smallest absolute Gasteiger partial charge is 0.243 e. The van der Waals surface area contributed by atoms with Gasteiger partial charge in [0.05, 0.1) is 4.90 Å². The molecule has 0 aliphatic carbocycles. The number of hydrogen-bond donors (Lipinski definition) is 0. The Balaban J connectivity index is 1.54. The van der Waals surface area contributed by atoms with E-state index in [0.717, 1.165) is 19.6 Å². The fourth-order valence-corrected chi connectivity index (χ4v) is 4.36. The lowest BCUT2D eigenvalue weighted by atomic mass is 10.2. The van der Waals surface area contributed by atoms with Crippen molar-refractivity contribution in [3.05, 3.63) is 71.3 Å². The highest BCUT2D eigenvalue weighted by molar-refractivity contribution is 7.89. The van der Waals surface area contributed by atoms with E-state index in [-0.39, 0.29) is 0 Å². The Kier molecular flexibility index (Phi) is 5.91. The number of sulfonamides is 1. The lowest BCUT2D eigenvalue weighted by Crippen LogP contribution is -2.48. The fraction of sp³-hybridized carbons (Fsp3) is 0.263. The Morgan fingerprint density at radius 2 is 1.56 bits per heavy atom. The highest BCUT2D eigenvalue weighted by Gasteiger charge is 2.27. The van der Waals surface area contributed by atoms with Gasteiger partial charge in [0, 0.05) is 37.7 Å². The first-order chi connectivity index (χ1) is 12.1. The normalized spacial score (nSPS) is 17.2. The minimum atomic E-state index is -3.44. The summed E-state index contributed by atoms with van der Waals surface area (Å²) in [6.07, 6.45) is 4.22. The first kappa shape index (κ1) is 18.1. The van der Waals surface area contributed by atoms with Crippen LogP contribution in [0.1, 0.15) is 5.56 Å². The van der Waals surface area contributed by atoms with Gasteiger partial charge in [-0.25, -0.2) is 8.42 Å². The van der Waals surface area contributed by atoms with Crippen LogP contribution in [0.4, 0.5) is 0 Å². The quantitative estimate of drug-likeness (QED) is 0.803. The summed E-state index contributed by atoms with van der Waals surface area (Å²) in [6, 6.07) is 16.5. The Labute approximate surface area is 154 Å². The Morgan fingerprint density at radius 3 is 2.20 bits per heavy atom. The second-order valence-corrected chi connectivity index (χ2v) is 8.35. The molecule has 4 nitrogen and oxygen atoms in total. The maximum atomic E-state index is 12.7. The summed E-state index contributed by atoms with van der Waals surface area (Å²) >= 11 is 5.84. The average Bonchev–Trinajstić information content (AvgIpc) is 2.63. The van der Waals surface area contributed by atoms with Gasteiger partial charge in [0.2, 0.25) is 10.0 Å². The topological polar surface area (TPSA) is 40.6 Å². The molecule has 1 saturated heterocycles. The number of halogens is 1. The minimum Gasteiger partial charge on any atom is -0.297 e. The van der Waals surface area contributed by atoms with Gasteiger partial charge in [-0.15, -0.1) is 0 Å². The largest absolute Gasteiger partial charge is 0.297 e. The van der Waals surface area contributed by atoms with Crippen LogP contribution in [0.25, 0.3) is 6.08 Å². The molecule has 0 unspecified atom stereocenters. The molecule has 0 atom stereocenters. The van der Waals surface area contributed by atoms with Crippen molar-refractivity contribution in [3.63, 3.8) is 0 Å². The molecule has 0 bridgehead atoms. The van der Waals surface area contributed by atoms with Crippen LogP contribution in [0.3, 0.4) is 0 Å². The van der Waals surface area contributed by atoms with Gasteiger partial charge in [0.15, 0.2) is 0 Å². The number of piperazine rings is 1. The second-order valence-electron chi connectivity index (χ2n) is 5.97. The lowest BCUT2D eigenvalue weighted by Gasteiger charge is -2.33. The van der Waals surface area contributed by atoms with Gasteiger partial charge < -0.3 is 0 Å². The molecule has 0 saturated carbocycles. The highest BCUT2D eigenvalue weighted by Crippen LogP contribution is 2.19. The van der Waals surface area contributed by atoms with Gasteiger partial charge in [0.1, 0.15) is 0 Å². The standard InChI is InChI=1S/C19H21ClN2O2S/c20-18-8-10-19(11-9-18)25(23,24)22-15-13-21(14-16-22)12-4-7-17-5-2-1-3-6-17/h1-11H,12-16H2/b7-4+. The molecule has 1 aliphatic heterocycles. The van der Waals surface area contributed by atoms with Crippen LogP contribution < -0.4 is 0 Å². The molecule has 0 amide bonds. The molecule has 1 heterocycles. The summed E-state index contributed by atoms with van der Waals surface area (Å²) < 4.78 is 26.9. The Morgan fingerprint density at radius 1 is 0.920 bits per heavy atom. The lowest BCUT2D eigenvalue weighted by molar-refractivity contribution is 0.204. The van der Waals surface area contributed by atoms with E-state index < -0.39 is 10.0 Å². The van der Waals surface area contributed by atoms with E-state index in [0.29, 0.717) is 23.0 Å². The van der Waals surface area contributed by atoms with Gasteiger partial charge in [-0.05, 0) is 29.8 Å². The zero-order chi connectivity index (χ0) is 17.7. The molecule has 1 aliphatic rings. The van der Waals surface area contributed by atoms with Gasteiger partial charge in [-0.3, -0.25) is 4.90 Å². The third-order valence-electron chi connectivity index (χ3n) is 4.26. The molecular formula is C19H21ClN2O2S. The van der Waals surface area contributed by atoms with Crippen molar-refractivity contribution < 1.29 is 8.42 Å². The first-order valence-corrected chi connectivity index (χ1v) is 10.1. The molecule has 0 N–H and O–H groups in total. The molecule has 6 heteroatoms. The van der Waals surface area contributed by atoms with Crippen molar-refractivity contribution in [2.75, 3.05) is 32.7 Å². The predicted octanol–water partition coefficient (Wildman–Crippen LogP) is 3.36. The highest BCUT2D eigenvalue weighted by atomic mass is 35.5. The van der Waals surface area contributed by atoms with Crippen molar-refractivity contribution in [1.29, 1.82) is 0 Å². The fourth-order valence-electron chi connectivity index (χ4n) is 2.81. The Bertz CT molecular complexity index is 812. The molecule has 0 radical (unpaired) electrons. The van der Waals surface area contributed by atoms with Crippen molar-refractivity contribution in [2.24, 2.45) is 0 Å². The predicted molar refractivity (Wildman–Crippen MR) is 102 cm³/mol. The zero-order valence-corrected chi connectivity index (χ0v) is 15.5. The number of nitrogens with zero attached hydrogens (tertiary/aromatic N) is 2. The minimum absolute atomic E-state index is 0.300. The molecule has 2 aromatic carbocycles. The summed E-state index contributed by atoms with van der Waals surface area (Å²) in [5, 5.41) is 0.536. The first-order valence-electron chi connectivity index (χ1n) is 8.25. The van der Waals surface area contributed by atoms with Crippen LogP contribution in [0.5, 0.6) is 0 Å². The molecule has 25 heavy (non-hydrogen) atoms. The summed E-state index contributed by atoms with van der Waals surface area (Å²) in [6.45, 7) is 3.29. The van der Waals surface area contributed by atoms with Crippen LogP contribution in [-0.2, 0) is 10.0 Å². The summed E-state index contributed by atoms with van der Waals surface area (Å²) in [7, 11) is -3.44. The van der Waals surface area contributed by atoms with Crippen LogP contribution in [0, 0.1) is 0 Å². The third-order valence-corrected chi connectivity index (χ3v) is 6.42. The van der Waals surface area contributed by atoms with Gasteiger partial charge in [0.25, 0.3) is 0 Å². The summed E-state index contributed by atoms with van der Waals surface area (Å²) in [5.41, 5.74) is 1.17. The molecular weight excluding hydrogens is 356 g/mol. The molecule has 1 fully saturated rings. The zero-order valence-electron chi connectivity index (χ0n) is 13.9. The van der Waals surface area contributed by atoms with Crippen LogP contribution in [0.15, 0.2) is 65.6 Å². The van der Waals surface area contributed by atoms with E-state index in [1.54, 1.807) is 28.6 Å². The molecule has 132 valence electrons. The maximum Gasteiger partial charge on any atom is 0.243 e. The molecule has 2 aromatic rings. The van der Waals surface area contributed by atoms with E-state index in [9.17, 15) is 8.42 Å².